The van der Waals surface area contributed by atoms with Gasteiger partial charge >= 0.3 is 0 Å². The lowest BCUT2D eigenvalue weighted by molar-refractivity contribution is 0.102. The molecule has 112 valence electrons. The first-order valence-corrected chi connectivity index (χ1v) is 7.22. The first-order valence-electron chi connectivity index (χ1n) is 7.22. The third-order valence-electron chi connectivity index (χ3n) is 3.83. The third kappa shape index (κ3) is 2.55. The Morgan fingerprint density at radius 3 is 2.36 bits per heavy atom. The topological polar surface area (TPSA) is 48.1 Å². The molecule has 3 aromatic rings. The van der Waals surface area contributed by atoms with Gasteiger partial charge in [0, 0.05) is 36.4 Å². The predicted octanol–water partition coefficient (Wildman–Crippen LogP) is 3.79. The molecular weight excluding hydrogens is 274 g/mol. The zero-order valence-electron chi connectivity index (χ0n) is 13.0. The third-order valence-corrected chi connectivity index (χ3v) is 3.83. The van der Waals surface area contributed by atoms with Crippen LogP contribution < -0.4 is 10.2 Å². The number of para-hydroxylation sites is 1. The number of hydrogen-bond donors (Lipinski definition) is 2. The van der Waals surface area contributed by atoms with Crippen molar-refractivity contribution in [1.29, 1.82) is 0 Å². The van der Waals surface area contributed by atoms with Gasteiger partial charge in [0.15, 0.2) is 0 Å². The minimum absolute atomic E-state index is 0.119. The summed E-state index contributed by atoms with van der Waals surface area (Å²) in [5.41, 5.74) is 4.44. The average Bonchev–Trinajstić information content (AvgIpc) is 2.85. The van der Waals surface area contributed by atoms with Gasteiger partial charge in [-0.1, -0.05) is 18.2 Å². The van der Waals surface area contributed by atoms with Crippen LogP contribution in [0.3, 0.4) is 0 Å². The number of hydrogen-bond acceptors (Lipinski definition) is 2. The molecule has 0 saturated carbocycles. The molecule has 3 rings (SSSR count). The summed E-state index contributed by atoms with van der Waals surface area (Å²) in [5, 5.41) is 4.02. The fraction of sp³-hybridized carbons (Fsp3) is 0.167. The molecule has 0 spiro atoms. The Hall–Kier alpha value is -2.75. The molecule has 4 heteroatoms. The van der Waals surface area contributed by atoms with Crippen molar-refractivity contribution in [2.45, 2.75) is 6.92 Å². The van der Waals surface area contributed by atoms with Crippen LogP contribution in [0.15, 0.2) is 48.5 Å². The number of aryl methyl sites for hydroxylation is 1. The number of nitrogens with one attached hydrogen (secondary N) is 2. The van der Waals surface area contributed by atoms with E-state index in [1.165, 1.54) is 0 Å². The molecule has 0 radical (unpaired) electrons. The first-order chi connectivity index (χ1) is 10.6. The van der Waals surface area contributed by atoms with Crippen LogP contribution in [0.1, 0.15) is 16.1 Å². The van der Waals surface area contributed by atoms with Crippen LogP contribution in [-0.4, -0.2) is 25.0 Å². The van der Waals surface area contributed by atoms with E-state index >= 15 is 0 Å². The minimum atomic E-state index is -0.119. The van der Waals surface area contributed by atoms with E-state index in [1.54, 1.807) is 0 Å². The highest BCUT2D eigenvalue weighted by atomic mass is 16.1. The van der Waals surface area contributed by atoms with Gasteiger partial charge in [-0.05, 0) is 42.8 Å². The lowest BCUT2D eigenvalue weighted by Gasteiger charge is -2.13. The highest BCUT2D eigenvalue weighted by molar-refractivity contribution is 6.07. The van der Waals surface area contributed by atoms with Crippen molar-refractivity contribution < 1.29 is 4.79 Å². The Balaban J connectivity index is 1.85. The molecular formula is C18H19N3O. The van der Waals surface area contributed by atoms with Gasteiger partial charge in [-0.3, -0.25) is 4.79 Å². The standard InChI is InChI=1S/C18H19N3O/c1-12-15-6-4-5-7-16(15)20-17(12)18(22)19-13-8-10-14(11-9-13)21(2)3/h4-11,20H,1-3H3,(H,19,22). The fourth-order valence-corrected chi connectivity index (χ4v) is 2.55. The van der Waals surface area contributed by atoms with Crippen LogP contribution in [0, 0.1) is 6.92 Å². The number of carbonyl (C=O) groups excluding carboxylic acids is 1. The number of H-pyrrole nitrogens is 1. The number of aromatic amines is 1. The first kappa shape index (κ1) is 14.2. The van der Waals surface area contributed by atoms with E-state index < -0.39 is 0 Å². The number of nitrogens with zero attached hydrogens (tertiary/aromatic N) is 1. The van der Waals surface area contributed by atoms with Crippen molar-refractivity contribution in [1.82, 2.24) is 4.98 Å². The normalized spacial score (nSPS) is 10.7. The molecule has 22 heavy (non-hydrogen) atoms. The van der Waals surface area contributed by atoms with Gasteiger partial charge in [-0.15, -0.1) is 0 Å². The average molecular weight is 293 g/mol. The molecule has 0 bridgehead atoms. The molecule has 0 aliphatic rings. The van der Waals surface area contributed by atoms with Crippen molar-refractivity contribution in [3.05, 3.63) is 59.8 Å². The summed E-state index contributed by atoms with van der Waals surface area (Å²) in [4.78, 5) is 17.7. The summed E-state index contributed by atoms with van der Waals surface area (Å²) in [6, 6.07) is 15.7. The van der Waals surface area contributed by atoms with Crippen molar-refractivity contribution >= 4 is 28.2 Å². The second-order valence-electron chi connectivity index (χ2n) is 5.57. The van der Waals surface area contributed by atoms with E-state index in [4.69, 9.17) is 0 Å². The number of aromatic nitrogens is 1. The Morgan fingerprint density at radius 1 is 1.05 bits per heavy atom. The van der Waals surface area contributed by atoms with E-state index in [-0.39, 0.29) is 5.91 Å². The zero-order chi connectivity index (χ0) is 15.7. The summed E-state index contributed by atoms with van der Waals surface area (Å²) in [7, 11) is 3.98. The van der Waals surface area contributed by atoms with Crippen LogP contribution in [0.5, 0.6) is 0 Å². The maximum atomic E-state index is 12.5. The minimum Gasteiger partial charge on any atom is -0.378 e. The van der Waals surface area contributed by atoms with E-state index in [9.17, 15) is 4.79 Å². The van der Waals surface area contributed by atoms with Crippen LogP contribution in [-0.2, 0) is 0 Å². The van der Waals surface area contributed by atoms with E-state index in [2.05, 4.69) is 10.3 Å². The smallest absolute Gasteiger partial charge is 0.272 e. The van der Waals surface area contributed by atoms with Crippen molar-refractivity contribution in [3.63, 3.8) is 0 Å². The number of benzene rings is 2. The molecule has 0 saturated heterocycles. The van der Waals surface area contributed by atoms with Gasteiger partial charge < -0.3 is 15.2 Å². The SMILES string of the molecule is Cc1c(C(=O)Nc2ccc(N(C)C)cc2)[nH]c2ccccc12. The van der Waals surface area contributed by atoms with Crippen molar-refractivity contribution in [2.24, 2.45) is 0 Å². The number of rotatable bonds is 3. The highest BCUT2D eigenvalue weighted by Gasteiger charge is 2.14. The fourth-order valence-electron chi connectivity index (χ4n) is 2.55. The Labute approximate surface area is 129 Å². The highest BCUT2D eigenvalue weighted by Crippen LogP contribution is 2.22. The molecule has 0 fully saturated rings. The molecule has 0 atom stereocenters. The summed E-state index contributed by atoms with van der Waals surface area (Å²) in [5.74, 6) is -0.119. The lowest BCUT2D eigenvalue weighted by Crippen LogP contribution is -2.14. The van der Waals surface area contributed by atoms with E-state index in [0.29, 0.717) is 5.69 Å². The summed E-state index contributed by atoms with van der Waals surface area (Å²) in [6.07, 6.45) is 0. The van der Waals surface area contributed by atoms with Crippen LogP contribution in [0.2, 0.25) is 0 Å². The molecule has 0 aliphatic carbocycles. The number of fused-ring (bicyclic) bond motifs is 1. The van der Waals surface area contributed by atoms with Gasteiger partial charge in [0.05, 0.1) is 0 Å². The molecule has 1 amide bonds. The lowest BCUT2D eigenvalue weighted by atomic mass is 10.1. The number of amides is 1. The quantitative estimate of drug-likeness (QED) is 0.771. The second-order valence-corrected chi connectivity index (χ2v) is 5.57. The Morgan fingerprint density at radius 2 is 1.73 bits per heavy atom. The monoisotopic (exact) mass is 293 g/mol. The van der Waals surface area contributed by atoms with E-state index in [0.717, 1.165) is 27.8 Å². The van der Waals surface area contributed by atoms with Gasteiger partial charge in [-0.25, -0.2) is 0 Å². The summed E-state index contributed by atoms with van der Waals surface area (Å²) in [6.45, 7) is 1.96. The van der Waals surface area contributed by atoms with Gasteiger partial charge in [0.2, 0.25) is 0 Å². The maximum absolute atomic E-state index is 12.5. The van der Waals surface area contributed by atoms with Crippen molar-refractivity contribution in [3.8, 4) is 0 Å². The Kier molecular flexibility index (Phi) is 3.59. The maximum Gasteiger partial charge on any atom is 0.272 e. The molecule has 0 aliphatic heterocycles. The van der Waals surface area contributed by atoms with Crippen LogP contribution in [0.25, 0.3) is 10.9 Å². The molecule has 4 nitrogen and oxygen atoms in total. The zero-order valence-corrected chi connectivity index (χ0v) is 13.0. The second kappa shape index (κ2) is 5.56. The number of carbonyl (C=O) groups is 1. The van der Waals surface area contributed by atoms with Crippen LogP contribution in [0.4, 0.5) is 11.4 Å². The predicted molar refractivity (Wildman–Crippen MR) is 91.8 cm³/mol. The van der Waals surface area contributed by atoms with E-state index in [1.807, 2.05) is 74.4 Å². The largest absolute Gasteiger partial charge is 0.378 e. The summed E-state index contributed by atoms with van der Waals surface area (Å²) < 4.78 is 0. The molecule has 0 unspecified atom stereocenters. The van der Waals surface area contributed by atoms with Crippen LogP contribution >= 0.6 is 0 Å². The molecule has 1 heterocycles. The molecule has 2 N–H and O–H groups in total. The van der Waals surface area contributed by atoms with Gasteiger partial charge in [0.25, 0.3) is 5.91 Å². The van der Waals surface area contributed by atoms with Crippen molar-refractivity contribution in [2.75, 3.05) is 24.3 Å². The number of anilines is 2. The Bertz CT molecular complexity index is 816. The molecule has 1 aromatic heterocycles. The molecule has 2 aromatic carbocycles. The van der Waals surface area contributed by atoms with Gasteiger partial charge in [-0.2, -0.15) is 0 Å². The van der Waals surface area contributed by atoms with Gasteiger partial charge in [0.1, 0.15) is 5.69 Å². The summed E-state index contributed by atoms with van der Waals surface area (Å²) >= 11 is 0.